The van der Waals surface area contributed by atoms with Crippen LogP contribution in [0, 0.1) is 0 Å². The van der Waals surface area contributed by atoms with Crippen molar-refractivity contribution in [3.8, 4) is 0 Å². The van der Waals surface area contributed by atoms with Gasteiger partial charge in [0.2, 0.25) is 0 Å². The van der Waals surface area contributed by atoms with Gasteiger partial charge in [0.05, 0.1) is 25.1 Å². The predicted molar refractivity (Wildman–Crippen MR) is 149 cm³/mol. The van der Waals surface area contributed by atoms with Crippen LogP contribution in [0.5, 0.6) is 0 Å². The van der Waals surface area contributed by atoms with Gasteiger partial charge in [0.15, 0.2) is 0 Å². The Morgan fingerprint density at radius 3 is 2.44 bits per heavy atom. The Kier molecular flexibility index (Phi) is 9.10. The van der Waals surface area contributed by atoms with E-state index in [4.69, 9.17) is 9.47 Å². The number of morpholine rings is 1. The summed E-state index contributed by atoms with van der Waals surface area (Å²) in [5.41, 5.74) is 6.58. The highest BCUT2D eigenvalue weighted by atomic mass is 16.5. The summed E-state index contributed by atoms with van der Waals surface area (Å²) in [4.78, 5) is 2.50. The average Bonchev–Trinajstić information content (AvgIpc) is 3.38. The molecule has 5 heteroatoms. The molecule has 0 aromatic heterocycles. The second kappa shape index (κ2) is 12.3. The van der Waals surface area contributed by atoms with E-state index < -0.39 is 0 Å². The zero-order valence-electron chi connectivity index (χ0n) is 22.7. The zero-order chi connectivity index (χ0) is 25.5. The van der Waals surface area contributed by atoms with Gasteiger partial charge in [0, 0.05) is 50.0 Å². The minimum absolute atomic E-state index is 0.00869. The van der Waals surface area contributed by atoms with Crippen LogP contribution in [0.2, 0.25) is 0 Å². The maximum absolute atomic E-state index is 5.67. The van der Waals surface area contributed by atoms with E-state index in [0.717, 1.165) is 56.5 Å². The van der Waals surface area contributed by atoms with E-state index in [1.807, 2.05) is 0 Å². The van der Waals surface area contributed by atoms with Gasteiger partial charge in [-0.1, -0.05) is 75.7 Å². The number of hydrogen-bond acceptors (Lipinski definition) is 5. The molecule has 2 fully saturated rings. The molecule has 0 spiro atoms. The number of hydrogen-bond donors (Lipinski definition) is 2. The summed E-state index contributed by atoms with van der Waals surface area (Å²) in [6.07, 6.45) is 4.99. The van der Waals surface area contributed by atoms with Crippen LogP contribution in [0.1, 0.15) is 80.7 Å². The predicted octanol–water partition coefficient (Wildman–Crippen LogP) is 6.33. The van der Waals surface area contributed by atoms with Crippen molar-refractivity contribution in [1.82, 2.24) is 10.2 Å². The molecule has 5 nitrogen and oxygen atoms in total. The molecule has 0 amide bonds. The van der Waals surface area contributed by atoms with E-state index in [2.05, 4.69) is 85.3 Å². The summed E-state index contributed by atoms with van der Waals surface area (Å²) in [7, 11) is 1.76. The zero-order valence-corrected chi connectivity index (χ0v) is 22.7. The summed E-state index contributed by atoms with van der Waals surface area (Å²) >= 11 is 0. The van der Waals surface area contributed by atoms with Crippen molar-refractivity contribution < 1.29 is 9.47 Å². The van der Waals surface area contributed by atoms with Gasteiger partial charge in [0.25, 0.3) is 0 Å². The van der Waals surface area contributed by atoms with Gasteiger partial charge in [-0.2, -0.15) is 0 Å². The largest absolute Gasteiger partial charge is 0.379 e. The lowest BCUT2D eigenvalue weighted by molar-refractivity contribution is 0.0342. The SMILES string of the molecule is C=C(NCC1(c2cccc(CN3CCOCC3)c2)CCCC1)Nc1c(C(C)C)cccc1C(C)OC. The fourth-order valence-corrected chi connectivity index (χ4v) is 5.79. The van der Waals surface area contributed by atoms with Crippen LogP contribution < -0.4 is 10.6 Å². The molecule has 36 heavy (non-hydrogen) atoms. The Morgan fingerprint density at radius 1 is 1.06 bits per heavy atom. The third-order valence-electron chi connectivity index (χ3n) is 8.07. The molecular weight excluding hydrogens is 446 g/mol. The smallest absolute Gasteiger partial charge is 0.0957 e. The molecule has 1 aliphatic carbocycles. The molecule has 1 atom stereocenters. The molecule has 2 aromatic carbocycles. The van der Waals surface area contributed by atoms with Gasteiger partial charge in [-0.25, -0.2) is 0 Å². The average molecular weight is 492 g/mol. The quantitative estimate of drug-likeness (QED) is 0.384. The fourth-order valence-electron chi connectivity index (χ4n) is 5.79. The van der Waals surface area contributed by atoms with E-state index in [1.165, 1.54) is 42.4 Å². The van der Waals surface area contributed by atoms with Crippen molar-refractivity contribution in [3.05, 3.63) is 77.1 Å². The van der Waals surface area contributed by atoms with E-state index >= 15 is 0 Å². The molecule has 0 radical (unpaired) electrons. The van der Waals surface area contributed by atoms with E-state index in [0.29, 0.717) is 5.92 Å². The molecule has 0 bridgehead atoms. The molecule has 1 saturated carbocycles. The Morgan fingerprint density at radius 2 is 1.75 bits per heavy atom. The highest BCUT2D eigenvalue weighted by molar-refractivity contribution is 5.62. The van der Waals surface area contributed by atoms with Crippen LogP contribution in [0.4, 0.5) is 5.69 Å². The van der Waals surface area contributed by atoms with E-state index in [1.54, 1.807) is 7.11 Å². The van der Waals surface area contributed by atoms with Crippen LogP contribution in [0.15, 0.2) is 54.9 Å². The molecular formula is C31H45N3O2. The number of rotatable bonds is 11. The van der Waals surface area contributed by atoms with Gasteiger partial charge >= 0.3 is 0 Å². The van der Waals surface area contributed by atoms with Crippen molar-refractivity contribution in [3.63, 3.8) is 0 Å². The van der Waals surface area contributed by atoms with Crippen molar-refractivity contribution in [1.29, 1.82) is 0 Å². The Hall–Kier alpha value is -2.34. The highest BCUT2D eigenvalue weighted by Gasteiger charge is 2.35. The maximum atomic E-state index is 5.67. The normalized spacial score (nSPS) is 18.8. The number of benzene rings is 2. The number of para-hydroxylation sites is 1. The van der Waals surface area contributed by atoms with Crippen molar-refractivity contribution in [2.45, 2.75) is 70.4 Å². The van der Waals surface area contributed by atoms with Crippen LogP contribution in [0.25, 0.3) is 0 Å². The third-order valence-corrected chi connectivity index (χ3v) is 8.07. The van der Waals surface area contributed by atoms with E-state index in [-0.39, 0.29) is 11.5 Å². The summed E-state index contributed by atoms with van der Waals surface area (Å²) in [5, 5.41) is 7.32. The first-order chi connectivity index (χ1) is 17.4. The van der Waals surface area contributed by atoms with Gasteiger partial charge in [-0.05, 0) is 42.4 Å². The summed E-state index contributed by atoms with van der Waals surface area (Å²) < 4.78 is 11.2. The highest BCUT2D eigenvalue weighted by Crippen LogP contribution is 2.41. The summed E-state index contributed by atoms with van der Waals surface area (Å²) in [6.45, 7) is 16.5. The second-order valence-corrected chi connectivity index (χ2v) is 10.9. The standard InChI is InChI=1S/C31H45N3O2/c1-23(2)28-12-9-13-29(24(3)35-5)30(28)33-25(4)32-22-31(14-6-7-15-31)27-11-8-10-26(20-27)21-34-16-18-36-19-17-34/h8-13,20,23-24,32-33H,4,6-7,14-19,21-22H2,1-3,5H3. The molecule has 2 N–H and O–H groups in total. The number of ether oxygens (including phenoxy) is 2. The molecule has 1 saturated heterocycles. The fraction of sp³-hybridized carbons (Fsp3) is 0.548. The first kappa shape index (κ1) is 26.7. The number of nitrogens with one attached hydrogen (secondary N) is 2. The molecule has 1 aliphatic heterocycles. The lowest BCUT2D eigenvalue weighted by Gasteiger charge is -2.32. The number of nitrogens with zero attached hydrogens (tertiary/aromatic N) is 1. The third kappa shape index (κ3) is 6.31. The first-order valence-corrected chi connectivity index (χ1v) is 13.7. The Bertz CT molecular complexity index is 1010. The molecule has 2 aliphatic rings. The Balaban J connectivity index is 1.48. The second-order valence-electron chi connectivity index (χ2n) is 10.9. The van der Waals surface area contributed by atoms with Gasteiger partial charge in [-0.3, -0.25) is 4.90 Å². The van der Waals surface area contributed by atoms with Crippen LogP contribution in [0.3, 0.4) is 0 Å². The van der Waals surface area contributed by atoms with Crippen molar-refractivity contribution in [2.24, 2.45) is 0 Å². The Labute approximate surface area is 218 Å². The number of methoxy groups -OCH3 is 1. The topological polar surface area (TPSA) is 45.8 Å². The minimum atomic E-state index is 0.00869. The lowest BCUT2D eigenvalue weighted by Crippen LogP contribution is -2.37. The maximum Gasteiger partial charge on any atom is 0.0957 e. The molecule has 196 valence electrons. The first-order valence-electron chi connectivity index (χ1n) is 13.7. The van der Waals surface area contributed by atoms with Crippen LogP contribution in [-0.2, 0) is 21.4 Å². The van der Waals surface area contributed by atoms with Crippen LogP contribution >= 0.6 is 0 Å². The summed E-state index contributed by atoms with van der Waals surface area (Å²) in [6, 6.07) is 15.8. The minimum Gasteiger partial charge on any atom is -0.379 e. The summed E-state index contributed by atoms with van der Waals surface area (Å²) in [5.74, 6) is 1.25. The molecule has 2 aromatic rings. The van der Waals surface area contributed by atoms with Gasteiger partial charge in [0.1, 0.15) is 0 Å². The lowest BCUT2D eigenvalue weighted by atomic mass is 9.78. The molecule has 1 unspecified atom stereocenters. The van der Waals surface area contributed by atoms with Crippen molar-refractivity contribution in [2.75, 3.05) is 45.3 Å². The van der Waals surface area contributed by atoms with E-state index in [9.17, 15) is 0 Å². The van der Waals surface area contributed by atoms with Crippen LogP contribution in [-0.4, -0.2) is 44.9 Å². The van der Waals surface area contributed by atoms with Gasteiger partial charge < -0.3 is 20.1 Å². The van der Waals surface area contributed by atoms with Crippen molar-refractivity contribution >= 4 is 5.69 Å². The molecule has 4 rings (SSSR count). The molecule has 1 heterocycles. The number of anilines is 1. The van der Waals surface area contributed by atoms with Gasteiger partial charge in [-0.15, -0.1) is 0 Å². The monoisotopic (exact) mass is 491 g/mol.